The molecule has 0 radical (unpaired) electrons. The molecular formula is C19H23N3O3. The second-order valence-corrected chi connectivity index (χ2v) is 6.27. The lowest BCUT2D eigenvalue weighted by atomic mass is 10.1. The van der Waals surface area contributed by atoms with E-state index >= 15 is 0 Å². The lowest BCUT2D eigenvalue weighted by Gasteiger charge is -2.22. The van der Waals surface area contributed by atoms with E-state index in [1.54, 1.807) is 36.4 Å². The van der Waals surface area contributed by atoms with Crippen molar-refractivity contribution >= 4 is 28.3 Å². The predicted octanol–water partition coefficient (Wildman–Crippen LogP) is 2.08. The molecule has 0 spiro atoms. The van der Waals surface area contributed by atoms with Crippen LogP contribution in [0.5, 0.6) is 5.75 Å². The highest BCUT2D eigenvalue weighted by molar-refractivity contribution is 6.40. The summed E-state index contributed by atoms with van der Waals surface area (Å²) in [6.45, 7) is 4.58. The van der Waals surface area contributed by atoms with E-state index in [0.717, 1.165) is 25.9 Å². The number of amides is 2. The van der Waals surface area contributed by atoms with Crippen LogP contribution in [0, 0.1) is 0 Å². The molecular weight excluding hydrogens is 318 g/mol. The van der Waals surface area contributed by atoms with E-state index in [4.69, 9.17) is 0 Å². The minimum atomic E-state index is -0.697. The smallest absolute Gasteiger partial charge is 0.313 e. The first-order chi connectivity index (χ1) is 12.1. The zero-order valence-corrected chi connectivity index (χ0v) is 14.3. The van der Waals surface area contributed by atoms with Gasteiger partial charge >= 0.3 is 11.8 Å². The molecule has 25 heavy (non-hydrogen) atoms. The molecule has 6 heteroatoms. The molecule has 1 aliphatic rings. The number of benzene rings is 2. The second-order valence-electron chi connectivity index (χ2n) is 6.27. The predicted molar refractivity (Wildman–Crippen MR) is 97.5 cm³/mol. The molecule has 0 aromatic heterocycles. The minimum absolute atomic E-state index is 0.138. The number of hydrogen-bond donors (Lipinski definition) is 3. The fourth-order valence-electron chi connectivity index (χ4n) is 3.41. The van der Waals surface area contributed by atoms with Gasteiger partial charge < -0.3 is 15.7 Å². The third-order valence-electron chi connectivity index (χ3n) is 4.76. The van der Waals surface area contributed by atoms with Crippen molar-refractivity contribution in [2.45, 2.75) is 25.8 Å². The summed E-state index contributed by atoms with van der Waals surface area (Å²) in [7, 11) is 0. The van der Waals surface area contributed by atoms with Crippen LogP contribution in [0.3, 0.4) is 0 Å². The van der Waals surface area contributed by atoms with Crippen molar-refractivity contribution in [2.24, 2.45) is 0 Å². The number of aromatic hydroxyl groups is 1. The van der Waals surface area contributed by atoms with Crippen LogP contribution in [0.15, 0.2) is 36.4 Å². The summed E-state index contributed by atoms with van der Waals surface area (Å²) >= 11 is 0. The molecule has 3 rings (SSSR count). The highest BCUT2D eigenvalue weighted by Crippen LogP contribution is 2.29. The third kappa shape index (κ3) is 3.74. The Morgan fingerprint density at radius 3 is 2.72 bits per heavy atom. The topological polar surface area (TPSA) is 81.7 Å². The summed E-state index contributed by atoms with van der Waals surface area (Å²) in [5, 5.41) is 16.6. The van der Waals surface area contributed by atoms with E-state index in [1.165, 1.54) is 0 Å². The molecule has 1 atom stereocenters. The van der Waals surface area contributed by atoms with Crippen LogP contribution in [0.25, 0.3) is 10.8 Å². The van der Waals surface area contributed by atoms with Gasteiger partial charge in [-0.1, -0.05) is 31.2 Å². The number of anilines is 1. The standard InChI is InChI=1S/C19H23N3O3/c1-2-22-11-5-6-13(22)12-20-18(24)19(25)21-16-9-3-8-15-14(16)7-4-10-17(15)23/h3-4,7-10,13,23H,2,5-6,11-12H2,1H3,(H,20,24)(H,21,25). The fourth-order valence-corrected chi connectivity index (χ4v) is 3.41. The average Bonchev–Trinajstić information content (AvgIpc) is 3.08. The third-order valence-corrected chi connectivity index (χ3v) is 4.76. The number of likely N-dealkylation sites (N-methyl/N-ethyl adjacent to an activating group) is 1. The Labute approximate surface area is 146 Å². The Balaban J connectivity index is 1.64. The van der Waals surface area contributed by atoms with Crippen molar-refractivity contribution in [1.82, 2.24) is 10.2 Å². The molecule has 2 aromatic carbocycles. The van der Waals surface area contributed by atoms with Gasteiger partial charge in [0.25, 0.3) is 0 Å². The van der Waals surface area contributed by atoms with Gasteiger partial charge in [-0.25, -0.2) is 0 Å². The fraction of sp³-hybridized carbons (Fsp3) is 0.368. The molecule has 1 heterocycles. The van der Waals surface area contributed by atoms with E-state index in [1.807, 2.05) is 0 Å². The first kappa shape index (κ1) is 17.2. The monoisotopic (exact) mass is 341 g/mol. The zero-order chi connectivity index (χ0) is 17.8. The lowest BCUT2D eigenvalue weighted by molar-refractivity contribution is -0.136. The van der Waals surface area contributed by atoms with Crippen LogP contribution in [-0.4, -0.2) is 47.5 Å². The molecule has 1 saturated heterocycles. The first-order valence-electron chi connectivity index (χ1n) is 8.64. The molecule has 1 unspecified atom stereocenters. The van der Waals surface area contributed by atoms with Crippen LogP contribution >= 0.6 is 0 Å². The summed E-state index contributed by atoms with van der Waals surface area (Å²) < 4.78 is 0. The maximum Gasteiger partial charge on any atom is 0.313 e. The van der Waals surface area contributed by atoms with Crippen LogP contribution in [0.2, 0.25) is 0 Å². The summed E-state index contributed by atoms with van der Waals surface area (Å²) in [6, 6.07) is 10.6. The summed E-state index contributed by atoms with van der Waals surface area (Å²) in [5.41, 5.74) is 0.504. The van der Waals surface area contributed by atoms with Gasteiger partial charge in [0.15, 0.2) is 0 Å². The number of fused-ring (bicyclic) bond motifs is 1. The Bertz CT molecular complexity index is 791. The molecule has 132 valence electrons. The van der Waals surface area contributed by atoms with E-state index < -0.39 is 11.8 Å². The Hall–Kier alpha value is -2.60. The summed E-state index contributed by atoms with van der Waals surface area (Å²) in [6.07, 6.45) is 2.17. The highest BCUT2D eigenvalue weighted by Gasteiger charge is 2.24. The maximum absolute atomic E-state index is 12.2. The van der Waals surface area contributed by atoms with Gasteiger partial charge in [0.05, 0.1) is 0 Å². The van der Waals surface area contributed by atoms with Gasteiger partial charge in [-0.2, -0.15) is 0 Å². The van der Waals surface area contributed by atoms with Gasteiger partial charge in [-0.3, -0.25) is 14.5 Å². The van der Waals surface area contributed by atoms with Gasteiger partial charge in [0.1, 0.15) is 5.75 Å². The number of phenols is 1. The molecule has 0 saturated carbocycles. The molecule has 1 fully saturated rings. The molecule has 2 amide bonds. The molecule has 3 N–H and O–H groups in total. The zero-order valence-electron chi connectivity index (χ0n) is 14.3. The van der Waals surface area contributed by atoms with E-state index in [2.05, 4.69) is 22.5 Å². The van der Waals surface area contributed by atoms with Crippen LogP contribution < -0.4 is 10.6 Å². The van der Waals surface area contributed by atoms with Crippen molar-refractivity contribution in [3.63, 3.8) is 0 Å². The van der Waals surface area contributed by atoms with E-state index in [0.29, 0.717) is 29.0 Å². The SMILES string of the molecule is CCN1CCCC1CNC(=O)C(=O)Nc1cccc2c(O)cccc12. The van der Waals surface area contributed by atoms with Crippen molar-refractivity contribution in [1.29, 1.82) is 0 Å². The number of hydrogen-bond acceptors (Lipinski definition) is 4. The van der Waals surface area contributed by atoms with Crippen molar-refractivity contribution in [3.8, 4) is 5.75 Å². The Morgan fingerprint density at radius 2 is 1.92 bits per heavy atom. The largest absolute Gasteiger partial charge is 0.507 e. The molecule has 0 aliphatic carbocycles. The van der Waals surface area contributed by atoms with E-state index in [-0.39, 0.29) is 5.75 Å². The number of carbonyl (C=O) groups excluding carboxylic acids is 2. The van der Waals surface area contributed by atoms with E-state index in [9.17, 15) is 14.7 Å². The van der Waals surface area contributed by atoms with Crippen LogP contribution in [0.1, 0.15) is 19.8 Å². The first-order valence-corrected chi connectivity index (χ1v) is 8.64. The van der Waals surface area contributed by atoms with Crippen LogP contribution in [-0.2, 0) is 9.59 Å². The Kier molecular flexibility index (Phi) is 5.19. The number of likely N-dealkylation sites (tertiary alicyclic amines) is 1. The number of carbonyl (C=O) groups is 2. The van der Waals surface area contributed by atoms with Crippen molar-refractivity contribution in [2.75, 3.05) is 25.0 Å². The molecule has 2 aromatic rings. The highest BCUT2D eigenvalue weighted by atomic mass is 16.3. The number of rotatable bonds is 4. The minimum Gasteiger partial charge on any atom is -0.507 e. The summed E-state index contributed by atoms with van der Waals surface area (Å²) in [5.74, 6) is -1.20. The Morgan fingerprint density at radius 1 is 1.16 bits per heavy atom. The van der Waals surface area contributed by atoms with Gasteiger partial charge in [0, 0.05) is 29.0 Å². The molecule has 1 aliphatic heterocycles. The van der Waals surface area contributed by atoms with Crippen LogP contribution in [0.4, 0.5) is 5.69 Å². The normalized spacial score (nSPS) is 17.6. The maximum atomic E-state index is 12.2. The molecule has 0 bridgehead atoms. The van der Waals surface area contributed by atoms with Crippen molar-refractivity contribution < 1.29 is 14.7 Å². The van der Waals surface area contributed by atoms with Gasteiger partial charge in [0.2, 0.25) is 0 Å². The molecule has 6 nitrogen and oxygen atoms in total. The van der Waals surface area contributed by atoms with Gasteiger partial charge in [-0.05, 0) is 38.1 Å². The lowest BCUT2D eigenvalue weighted by Crippen LogP contribution is -2.43. The number of nitrogens with zero attached hydrogens (tertiary/aromatic N) is 1. The number of phenolic OH excluding ortho intramolecular Hbond substituents is 1. The second kappa shape index (κ2) is 7.53. The van der Waals surface area contributed by atoms with Gasteiger partial charge in [-0.15, -0.1) is 0 Å². The quantitative estimate of drug-likeness (QED) is 0.744. The van der Waals surface area contributed by atoms with Crippen molar-refractivity contribution in [3.05, 3.63) is 36.4 Å². The summed E-state index contributed by atoms with van der Waals surface area (Å²) in [4.78, 5) is 26.6. The number of nitrogens with one attached hydrogen (secondary N) is 2. The average molecular weight is 341 g/mol.